The third-order valence-electron chi connectivity index (χ3n) is 5.54. The van der Waals surface area contributed by atoms with Crippen molar-refractivity contribution in [3.8, 4) is 5.75 Å². The molecule has 2 fully saturated rings. The molecule has 1 aromatic rings. The van der Waals surface area contributed by atoms with E-state index in [0.717, 1.165) is 12.0 Å². The van der Waals surface area contributed by atoms with Crippen molar-refractivity contribution in [2.45, 2.75) is 74.8 Å². The summed E-state index contributed by atoms with van der Waals surface area (Å²) in [5.41, 5.74) is 1.08. The Morgan fingerprint density at radius 2 is 1.32 bits per heavy atom. The van der Waals surface area contributed by atoms with Crippen LogP contribution in [0.1, 0.15) is 12.5 Å². The molecule has 2 heterocycles. The van der Waals surface area contributed by atoms with E-state index < -0.39 is 74.6 Å². The van der Waals surface area contributed by atoms with Crippen LogP contribution in [0.5, 0.6) is 5.75 Å². The second kappa shape index (κ2) is 10.5. The fraction of sp³-hybridized carbons (Fsp3) is 0.700. The molecule has 0 radical (unpaired) electrons. The molecule has 0 spiro atoms. The number of aryl methyl sites for hydroxylation is 1. The summed E-state index contributed by atoms with van der Waals surface area (Å²) in [5.74, 6) is 0.387. The molecule has 0 unspecified atom stereocenters. The first-order valence-corrected chi connectivity index (χ1v) is 10.1. The van der Waals surface area contributed by atoms with Gasteiger partial charge in [0.2, 0.25) is 6.29 Å². The molecule has 7 N–H and O–H groups in total. The van der Waals surface area contributed by atoms with Crippen LogP contribution in [0.4, 0.5) is 0 Å². The predicted molar refractivity (Wildman–Crippen MR) is 103 cm³/mol. The monoisotopic (exact) mass is 446 g/mol. The molecule has 31 heavy (non-hydrogen) atoms. The summed E-state index contributed by atoms with van der Waals surface area (Å²) in [6, 6.07) is 7.06. The van der Waals surface area contributed by atoms with E-state index in [2.05, 4.69) is 0 Å². The molecule has 3 rings (SSSR count). The number of benzene rings is 1. The van der Waals surface area contributed by atoms with Crippen LogP contribution in [0.2, 0.25) is 0 Å². The maximum absolute atomic E-state index is 10.6. The van der Waals surface area contributed by atoms with Crippen molar-refractivity contribution in [2.24, 2.45) is 0 Å². The molecule has 11 heteroatoms. The molecule has 0 aromatic heterocycles. The highest BCUT2D eigenvalue weighted by Gasteiger charge is 2.51. The first-order chi connectivity index (χ1) is 14.8. The highest BCUT2D eigenvalue weighted by Crippen LogP contribution is 2.30. The van der Waals surface area contributed by atoms with Crippen molar-refractivity contribution >= 4 is 0 Å². The first-order valence-electron chi connectivity index (χ1n) is 10.1. The number of aliphatic hydroxyl groups is 7. The van der Waals surface area contributed by atoms with Gasteiger partial charge in [-0.05, 0) is 24.1 Å². The lowest BCUT2D eigenvalue weighted by atomic mass is 9.97. The van der Waals surface area contributed by atoms with Crippen LogP contribution in [-0.4, -0.2) is 110 Å². The van der Waals surface area contributed by atoms with Gasteiger partial charge in [0.15, 0.2) is 6.29 Å². The quantitative estimate of drug-likeness (QED) is 0.231. The molecule has 0 bridgehead atoms. The molecule has 0 aliphatic carbocycles. The Morgan fingerprint density at radius 1 is 0.742 bits per heavy atom. The third kappa shape index (κ3) is 5.17. The Labute approximate surface area is 179 Å². The van der Waals surface area contributed by atoms with Crippen LogP contribution in [-0.2, 0) is 20.6 Å². The highest BCUT2D eigenvalue weighted by molar-refractivity contribution is 5.27. The molecule has 2 aliphatic heterocycles. The molecule has 1 aromatic carbocycles. The number of ether oxygens (including phenoxy) is 4. The average Bonchev–Trinajstić information content (AvgIpc) is 2.79. The summed E-state index contributed by atoms with van der Waals surface area (Å²) in [4.78, 5) is 0. The second-order valence-corrected chi connectivity index (χ2v) is 7.62. The maximum Gasteiger partial charge on any atom is 0.229 e. The van der Waals surface area contributed by atoms with Gasteiger partial charge in [-0.2, -0.15) is 0 Å². The van der Waals surface area contributed by atoms with Crippen molar-refractivity contribution in [2.75, 3.05) is 13.2 Å². The van der Waals surface area contributed by atoms with Gasteiger partial charge >= 0.3 is 0 Å². The maximum atomic E-state index is 10.6. The molecule has 0 amide bonds. The molecule has 176 valence electrons. The minimum Gasteiger partial charge on any atom is -0.462 e. The van der Waals surface area contributed by atoms with Gasteiger partial charge in [-0.15, -0.1) is 0 Å². The summed E-state index contributed by atoms with van der Waals surface area (Å²) >= 11 is 0. The lowest BCUT2D eigenvalue weighted by molar-refractivity contribution is -0.352. The van der Waals surface area contributed by atoms with Crippen LogP contribution < -0.4 is 4.74 Å². The Hall–Kier alpha value is -1.38. The average molecular weight is 446 g/mol. The van der Waals surface area contributed by atoms with Gasteiger partial charge in [0.05, 0.1) is 13.2 Å². The zero-order chi connectivity index (χ0) is 22.7. The van der Waals surface area contributed by atoms with E-state index in [1.54, 1.807) is 12.1 Å². The fourth-order valence-electron chi connectivity index (χ4n) is 3.59. The van der Waals surface area contributed by atoms with E-state index >= 15 is 0 Å². The van der Waals surface area contributed by atoms with Gasteiger partial charge in [-0.1, -0.05) is 19.1 Å². The summed E-state index contributed by atoms with van der Waals surface area (Å²) in [6.07, 6.45) is -14.0. The van der Waals surface area contributed by atoms with Gasteiger partial charge in [-0.25, -0.2) is 0 Å². The minimum absolute atomic E-state index is 0.387. The number of aliphatic hydroxyl groups excluding tert-OH is 7. The topological polar surface area (TPSA) is 179 Å². The molecule has 11 nitrogen and oxygen atoms in total. The van der Waals surface area contributed by atoms with E-state index in [0.29, 0.717) is 5.75 Å². The zero-order valence-electron chi connectivity index (χ0n) is 17.0. The number of rotatable bonds is 7. The van der Waals surface area contributed by atoms with Crippen molar-refractivity contribution in [3.63, 3.8) is 0 Å². The van der Waals surface area contributed by atoms with Crippen LogP contribution in [0.3, 0.4) is 0 Å². The van der Waals surface area contributed by atoms with Crippen LogP contribution in [0, 0.1) is 0 Å². The summed E-state index contributed by atoms with van der Waals surface area (Å²) in [7, 11) is 0. The van der Waals surface area contributed by atoms with Crippen molar-refractivity contribution in [1.29, 1.82) is 0 Å². The molecule has 10 atom stereocenters. The van der Waals surface area contributed by atoms with Crippen LogP contribution >= 0.6 is 0 Å². The van der Waals surface area contributed by atoms with E-state index in [4.69, 9.17) is 18.9 Å². The zero-order valence-corrected chi connectivity index (χ0v) is 17.0. The van der Waals surface area contributed by atoms with E-state index in [1.807, 2.05) is 19.1 Å². The Bertz CT molecular complexity index is 682. The summed E-state index contributed by atoms with van der Waals surface area (Å²) < 4.78 is 21.9. The lowest BCUT2D eigenvalue weighted by Crippen LogP contribution is -2.65. The van der Waals surface area contributed by atoms with Crippen LogP contribution in [0.25, 0.3) is 0 Å². The Balaban J connectivity index is 1.70. The molecular formula is C20H30O11. The SMILES string of the molecule is CCc1ccc(O[C@H]2O[C@@H](CO)[C@@H](O[C@H]3O[C@@H](CO)[C@@H](O)[C@@H](O)[C@H]3O)[C@@H](O)[C@@H]2O)cc1. The van der Waals surface area contributed by atoms with Crippen LogP contribution in [0.15, 0.2) is 24.3 Å². The predicted octanol–water partition coefficient (Wildman–Crippen LogP) is -2.75. The molecular weight excluding hydrogens is 416 g/mol. The van der Waals surface area contributed by atoms with Crippen molar-refractivity contribution in [3.05, 3.63) is 29.8 Å². The number of hydrogen-bond acceptors (Lipinski definition) is 11. The van der Waals surface area contributed by atoms with E-state index in [9.17, 15) is 35.7 Å². The standard InChI is InChI=1S/C20H30O11/c1-2-9-3-5-10(6-4-9)28-19-17(27)15(25)18(12(8-22)30-19)31-20-16(26)14(24)13(23)11(7-21)29-20/h3-6,11-27H,2,7-8H2,1H3/t11-,12-,13+,14+,15-,16+,17-,18+,19-,20+/m0/s1. The normalized spacial score (nSPS) is 41.2. The largest absolute Gasteiger partial charge is 0.462 e. The summed E-state index contributed by atoms with van der Waals surface area (Å²) in [6.45, 7) is 0.718. The summed E-state index contributed by atoms with van der Waals surface area (Å²) in [5, 5.41) is 70.0. The number of hydrogen-bond donors (Lipinski definition) is 7. The minimum atomic E-state index is -1.72. The van der Waals surface area contributed by atoms with Gasteiger partial charge in [0.25, 0.3) is 0 Å². The Kier molecular flexibility index (Phi) is 8.21. The van der Waals surface area contributed by atoms with Crippen molar-refractivity contribution in [1.82, 2.24) is 0 Å². The van der Waals surface area contributed by atoms with Crippen molar-refractivity contribution < 1.29 is 54.7 Å². The van der Waals surface area contributed by atoms with E-state index in [-0.39, 0.29) is 0 Å². The fourth-order valence-corrected chi connectivity index (χ4v) is 3.59. The Morgan fingerprint density at radius 3 is 1.90 bits per heavy atom. The smallest absolute Gasteiger partial charge is 0.229 e. The molecule has 2 aliphatic rings. The third-order valence-corrected chi connectivity index (χ3v) is 5.54. The molecule has 2 saturated heterocycles. The first kappa shape index (κ1) is 24.3. The van der Waals surface area contributed by atoms with Gasteiger partial charge in [0, 0.05) is 0 Å². The highest BCUT2D eigenvalue weighted by atomic mass is 16.7. The lowest BCUT2D eigenvalue weighted by Gasteiger charge is -2.45. The molecule has 0 saturated carbocycles. The van der Waals surface area contributed by atoms with Gasteiger partial charge in [-0.3, -0.25) is 0 Å². The van der Waals surface area contributed by atoms with E-state index in [1.165, 1.54) is 0 Å². The second-order valence-electron chi connectivity index (χ2n) is 7.62. The van der Waals surface area contributed by atoms with Gasteiger partial charge < -0.3 is 54.7 Å². The van der Waals surface area contributed by atoms with Gasteiger partial charge in [0.1, 0.15) is 54.6 Å².